The number of nitrogens with zero attached hydrogens (tertiary/aromatic N) is 1. The van der Waals surface area contributed by atoms with Gasteiger partial charge in [-0.3, -0.25) is 9.59 Å². The summed E-state index contributed by atoms with van der Waals surface area (Å²) in [7, 11) is 0. The molecule has 3 heteroatoms. The molecule has 1 aliphatic carbocycles. The third-order valence-electron chi connectivity index (χ3n) is 3.25. The van der Waals surface area contributed by atoms with Gasteiger partial charge in [-0.15, -0.1) is 0 Å². The van der Waals surface area contributed by atoms with E-state index in [2.05, 4.69) is 0 Å². The summed E-state index contributed by atoms with van der Waals surface area (Å²) in [6, 6.07) is 5.71. The van der Waals surface area contributed by atoms with Crippen molar-refractivity contribution in [2.75, 3.05) is 11.4 Å². The van der Waals surface area contributed by atoms with E-state index in [-0.39, 0.29) is 11.7 Å². The third kappa shape index (κ3) is 2.23. The maximum atomic E-state index is 11.7. The summed E-state index contributed by atoms with van der Waals surface area (Å²) in [6.45, 7) is 4.17. The van der Waals surface area contributed by atoms with Gasteiger partial charge in [-0.2, -0.15) is 0 Å². The SMILES string of the molecule is CCN(C(C)=O)c1ccc2c(c1)CCCC2=O. The van der Waals surface area contributed by atoms with Crippen LogP contribution >= 0.6 is 0 Å². The van der Waals surface area contributed by atoms with Crippen LogP contribution in [0.25, 0.3) is 0 Å². The van der Waals surface area contributed by atoms with Gasteiger partial charge in [0, 0.05) is 31.1 Å². The molecule has 0 atom stereocenters. The van der Waals surface area contributed by atoms with Crippen LogP contribution in [0.5, 0.6) is 0 Å². The van der Waals surface area contributed by atoms with E-state index in [1.165, 1.54) is 0 Å². The number of amides is 1. The summed E-state index contributed by atoms with van der Waals surface area (Å²) in [5, 5.41) is 0. The fraction of sp³-hybridized carbons (Fsp3) is 0.429. The van der Waals surface area contributed by atoms with Crippen molar-refractivity contribution in [3.05, 3.63) is 29.3 Å². The van der Waals surface area contributed by atoms with Crippen molar-refractivity contribution in [1.82, 2.24) is 0 Å². The molecule has 1 aromatic carbocycles. The van der Waals surface area contributed by atoms with Gasteiger partial charge in [0.25, 0.3) is 0 Å². The summed E-state index contributed by atoms with van der Waals surface area (Å²) >= 11 is 0. The van der Waals surface area contributed by atoms with Crippen molar-refractivity contribution in [2.24, 2.45) is 0 Å². The van der Waals surface area contributed by atoms with Gasteiger partial charge in [-0.25, -0.2) is 0 Å². The van der Waals surface area contributed by atoms with E-state index in [0.717, 1.165) is 29.7 Å². The first-order valence-electron chi connectivity index (χ1n) is 6.07. The van der Waals surface area contributed by atoms with Crippen LogP contribution in [0.4, 0.5) is 5.69 Å². The molecule has 0 heterocycles. The predicted molar refractivity (Wildman–Crippen MR) is 67.4 cm³/mol. The Morgan fingerprint density at radius 2 is 2.12 bits per heavy atom. The molecule has 1 amide bonds. The van der Waals surface area contributed by atoms with Crippen molar-refractivity contribution in [3.63, 3.8) is 0 Å². The number of carbonyl (C=O) groups excluding carboxylic acids is 2. The van der Waals surface area contributed by atoms with Crippen molar-refractivity contribution in [2.45, 2.75) is 33.1 Å². The van der Waals surface area contributed by atoms with Gasteiger partial charge in [0.05, 0.1) is 0 Å². The zero-order valence-corrected chi connectivity index (χ0v) is 10.3. The molecule has 0 spiro atoms. The lowest BCUT2D eigenvalue weighted by Crippen LogP contribution is -2.28. The Morgan fingerprint density at radius 3 is 2.76 bits per heavy atom. The Hall–Kier alpha value is -1.64. The largest absolute Gasteiger partial charge is 0.313 e. The van der Waals surface area contributed by atoms with Crippen molar-refractivity contribution in [1.29, 1.82) is 0 Å². The van der Waals surface area contributed by atoms with Gasteiger partial charge in [-0.05, 0) is 43.5 Å². The maximum absolute atomic E-state index is 11.7. The summed E-state index contributed by atoms with van der Waals surface area (Å²) in [6.07, 6.45) is 2.50. The van der Waals surface area contributed by atoms with Crippen LogP contribution in [0.2, 0.25) is 0 Å². The Bertz CT molecular complexity index is 465. The van der Waals surface area contributed by atoms with E-state index >= 15 is 0 Å². The van der Waals surface area contributed by atoms with E-state index in [1.54, 1.807) is 11.8 Å². The molecule has 0 saturated heterocycles. The molecule has 17 heavy (non-hydrogen) atoms. The fourth-order valence-electron chi connectivity index (χ4n) is 2.39. The topological polar surface area (TPSA) is 37.4 Å². The molecule has 0 radical (unpaired) electrons. The molecule has 1 aliphatic rings. The van der Waals surface area contributed by atoms with Crippen LogP contribution in [0.3, 0.4) is 0 Å². The highest BCUT2D eigenvalue weighted by atomic mass is 16.2. The van der Waals surface area contributed by atoms with Crippen molar-refractivity contribution >= 4 is 17.4 Å². The summed E-state index contributed by atoms with van der Waals surface area (Å²) in [4.78, 5) is 24.9. The number of anilines is 1. The van der Waals surface area contributed by atoms with E-state index in [0.29, 0.717) is 13.0 Å². The molecule has 3 nitrogen and oxygen atoms in total. The number of ketones is 1. The Labute approximate surface area is 101 Å². The van der Waals surface area contributed by atoms with Crippen LogP contribution in [-0.2, 0) is 11.2 Å². The minimum absolute atomic E-state index is 0.0367. The molecule has 0 aliphatic heterocycles. The van der Waals surface area contributed by atoms with E-state index < -0.39 is 0 Å². The normalized spacial score (nSPS) is 14.4. The van der Waals surface area contributed by atoms with Gasteiger partial charge in [0.15, 0.2) is 5.78 Å². The van der Waals surface area contributed by atoms with Crippen molar-refractivity contribution < 1.29 is 9.59 Å². The lowest BCUT2D eigenvalue weighted by atomic mass is 9.90. The Kier molecular flexibility index (Phi) is 3.27. The number of aryl methyl sites for hydroxylation is 1. The molecular formula is C14H17NO2. The number of fused-ring (bicyclic) bond motifs is 1. The second-order valence-electron chi connectivity index (χ2n) is 4.38. The molecular weight excluding hydrogens is 214 g/mol. The first kappa shape index (κ1) is 11.8. The van der Waals surface area contributed by atoms with Gasteiger partial charge >= 0.3 is 0 Å². The minimum atomic E-state index is 0.0367. The minimum Gasteiger partial charge on any atom is -0.313 e. The molecule has 0 saturated carbocycles. The highest BCUT2D eigenvalue weighted by Gasteiger charge is 2.18. The molecule has 90 valence electrons. The molecule has 0 unspecified atom stereocenters. The Balaban J connectivity index is 2.39. The molecule has 0 N–H and O–H groups in total. The number of benzene rings is 1. The molecule has 2 rings (SSSR count). The quantitative estimate of drug-likeness (QED) is 0.784. The van der Waals surface area contributed by atoms with E-state index in [4.69, 9.17) is 0 Å². The number of carbonyl (C=O) groups is 2. The van der Waals surface area contributed by atoms with Crippen LogP contribution in [0.15, 0.2) is 18.2 Å². The third-order valence-corrected chi connectivity index (χ3v) is 3.25. The highest BCUT2D eigenvalue weighted by Crippen LogP contribution is 2.26. The van der Waals surface area contributed by atoms with E-state index in [1.807, 2.05) is 25.1 Å². The van der Waals surface area contributed by atoms with Gasteiger partial charge in [0.2, 0.25) is 5.91 Å². The van der Waals surface area contributed by atoms with Crippen LogP contribution < -0.4 is 4.90 Å². The number of hydrogen-bond donors (Lipinski definition) is 0. The zero-order chi connectivity index (χ0) is 12.4. The van der Waals surface area contributed by atoms with Crippen LogP contribution in [0, 0.1) is 0 Å². The average Bonchev–Trinajstić information content (AvgIpc) is 2.29. The molecule has 0 aromatic heterocycles. The van der Waals surface area contributed by atoms with Gasteiger partial charge in [-0.1, -0.05) is 0 Å². The standard InChI is InChI=1S/C14H17NO2/c1-3-15(10(2)16)12-7-8-13-11(9-12)5-4-6-14(13)17/h7-9H,3-6H2,1-2H3. The predicted octanol–water partition coefficient (Wildman–Crippen LogP) is 2.58. The van der Waals surface area contributed by atoms with Crippen LogP contribution in [-0.4, -0.2) is 18.2 Å². The number of hydrogen-bond acceptors (Lipinski definition) is 2. The van der Waals surface area contributed by atoms with Gasteiger partial charge < -0.3 is 4.90 Å². The lowest BCUT2D eigenvalue weighted by Gasteiger charge is -2.22. The van der Waals surface area contributed by atoms with E-state index in [9.17, 15) is 9.59 Å². The zero-order valence-electron chi connectivity index (χ0n) is 10.3. The number of Topliss-reactive ketones (excluding diaryl/α,β-unsaturated/α-hetero) is 1. The second kappa shape index (κ2) is 4.70. The Morgan fingerprint density at radius 1 is 1.35 bits per heavy atom. The fourth-order valence-corrected chi connectivity index (χ4v) is 2.39. The smallest absolute Gasteiger partial charge is 0.223 e. The average molecular weight is 231 g/mol. The monoisotopic (exact) mass is 231 g/mol. The first-order valence-corrected chi connectivity index (χ1v) is 6.07. The first-order chi connectivity index (χ1) is 8.13. The molecule has 0 bridgehead atoms. The highest BCUT2D eigenvalue weighted by molar-refractivity contribution is 5.99. The lowest BCUT2D eigenvalue weighted by molar-refractivity contribution is -0.116. The van der Waals surface area contributed by atoms with Crippen LogP contribution in [0.1, 0.15) is 42.6 Å². The second-order valence-corrected chi connectivity index (χ2v) is 4.38. The molecule has 0 fully saturated rings. The van der Waals surface area contributed by atoms with Gasteiger partial charge in [0.1, 0.15) is 0 Å². The summed E-state index contributed by atoms with van der Waals surface area (Å²) in [5.41, 5.74) is 2.81. The summed E-state index contributed by atoms with van der Waals surface area (Å²) < 4.78 is 0. The molecule has 1 aromatic rings. The van der Waals surface area contributed by atoms with Crippen molar-refractivity contribution in [3.8, 4) is 0 Å². The summed E-state index contributed by atoms with van der Waals surface area (Å²) in [5.74, 6) is 0.262. The maximum Gasteiger partial charge on any atom is 0.223 e. The number of rotatable bonds is 2.